The zero-order chi connectivity index (χ0) is 13.9. The molecule has 0 atom stereocenters. The minimum atomic E-state index is -0.256. The molecule has 0 unspecified atom stereocenters. The predicted molar refractivity (Wildman–Crippen MR) is 74.5 cm³/mol. The maximum absolute atomic E-state index is 13.5. The number of aromatic nitrogens is 2. The molecular weight excluding hydrogens is 255 g/mol. The first kappa shape index (κ1) is 12.2. The van der Waals surface area contributed by atoms with Gasteiger partial charge in [0.15, 0.2) is 0 Å². The standard InChI is InChI=1S/C15H11FN4/c16-12-6-2-1-4-11(12)9-18-15-19-13-7-3-5-10(8-17)14(13)20-15/h1-7H,9H2,(H2,18,19,20). The smallest absolute Gasteiger partial charge is 0.201 e. The molecule has 0 aliphatic rings. The highest BCUT2D eigenvalue weighted by Crippen LogP contribution is 2.18. The summed E-state index contributed by atoms with van der Waals surface area (Å²) in [6.07, 6.45) is 0. The molecule has 0 saturated carbocycles. The minimum Gasteiger partial charge on any atom is -0.352 e. The molecule has 1 heterocycles. The van der Waals surface area contributed by atoms with Crippen molar-refractivity contribution < 1.29 is 4.39 Å². The normalized spacial score (nSPS) is 10.4. The Bertz CT molecular complexity index is 801. The molecule has 3 aromatic rings. The van der Waals surface area contributed by atoms with Crippen LogP contribution < -0.4 is 5.32 Å². The first-order valence-electron chi connectivity index (χ1n) is 6.14. The molecule has 0 bridgehead atoms. The van der Waals surface area contributed by atoms with Crippen LogP contribution in [0.25, 0.3) is 11.0 Å². The van der Waals surface area contributed by atoms with Crippen molar-refractivity contribution in [1.29, 1.82) is 5.26 Å². The number of hydrogen-bond donors (Lipinski definition) is 2. The van der Waals surface area contributed by atoms with E-state index in [0.717, 1.165) is 5.52 Å². The van der Waals surface area contributed by atoms with Gasteiger partial charge in [-0.25, -0.2) is 9.37 Å². The summed E-state index contributed by atoms with van der Waals surface area (Å²) in [4.78, 5) is 7.38. The molecule has 4 nitrogen and oxygen atoms in total. The van der Waals surface area contributed by atoms with Crippen LogP contribution in [0.15, 0.2) is 42.5 Å². The van der Waals surface area contributed by atoms with Gasteiger partial charge in [0.05, 0.1) is 11.1 Å². The number of H-pyrrole nitrogens is 1. The van der Waals surface area contributed by atoms with Gasteiger partial charge in [-0.15, -0.1) is 0 Å². The quantitative estimate of drug-likeness (QED) is 0.765. The molecule has 0 amide bonds. The fourth-order valence-electron chi connectivity index (χ4n) is 2.03. The average molecular weight is 266 g/mol. The number of benzene rings is 2. The summed E-state index contributed by atoms with van der Waals surface area (Å²) >= 11 is 0. The van der Waals surface area contributed by atoms with E-state index in [-0.39, 0.29) is 5.82 Å². The van der Waals surface area contributed by atoms with E-state index in [1.54, 1.807) is 30.3 Å². The minimum absolute atomic E-state index is 0.256. The van der Waals surface area contributed by atoms with Gasteiger partial charge in [0.2, 0.25) is 5.95 Å². The van der Waals surface area contributed by atoms with E-state index in [0.29, 0.717) is 29.1 Å². The molecule has 98 valence electrons. The Labute approximate surface area is 114 Å². The number of nitrogens with one attached hydrogen (secondary N) is 2. The van der Waals surface area contributed by atoms with Crippen molar-refractivity contribution in [2.24, 2.45) is 0 Å². The third-order valence-corrected chi connectivity index (χ3v) is 3.04. The molecule has 0 aliphatic heterocycles. The van der Waals surface area contributed by atoms with Crippen LogP contribution in [0.4, 0.5) is 10.3 Å². The Kier molecular flexibility index (Phi) is 3.05. The summed E-state index contributed by atoms with van der Waals surface area (Å²) in [5.41, 5.74) is 2.47. The Morgan fingerprint density at radius 2 is 2.05 bits per heavy atom. The summed E-state index contributed by atoms with van der Waals surface area (Å²) in [5.74, 6) is 0.264. The first-order chi connectivity index (χ1) is 9.78. The van der Waals surface area contributed by atoms with Crippen LogP contribution in [0.1, 0.15) is 11.1 Å². The van der Waals surface area contributed by atoms with Crippen molar-refractivity contribution in [3.8, 4) is 6.07 Å². The molecule has 0 saturated heterocycles. The molecule has 20 heavy (non-hydrogen) atoms. The summed E-state index contributed by atoms with van der Waals surface area (Å²) in [5, 5.41) is 12.0. The van der Waals surface area contributed by atoms with Gasteiger partial charge in [-0.3, -0.25) is 0 Å². The summed E-state index contributed by atoms with van der Waals surface area (Å²) in [7, 11) is 0. The topological polar surface area (TPSA) is 64.5 Å². The van der Waals surface area contributed by atoms with Crippen LogP contribution >= 0.6 is 0 Å². The molecule has 0 spiro atoms. The number of rotatable bonds is 3. The van der Waals surface area contributed by atoms with E-state index in [9.17, 15) is 4.39 Å². The zero-order valence-corrected chi connectivity index (χ0v) is 10.5. The number of fused-ring (bicyclic) bond motifs is 1. The van der Waals surface area contributed by atoms with Crippen LogP contribution in [0.2, 0.25) is 0 Å². The highest BCUT2D eigenvalue weighted by atomic mass is 19.1. The van der Waals surface area contributed by atoms with E-state index in [2.05, 4.69) is 21.4 Å². The highest BCUT2D eigenvalue weighted by molar-refractivity contribution is 5.83. The van der Waals surface area contributed by atoms with Gasteiger partial charge < -0.3 is 10.3 Å². The number of imidazole rings is 1. The molecule has 0 aliphatic carbocycles. The van der Waals surface area contributed by atoms with Gasteiger partial charge in [0.1, 0.15) is 17.4 Å². The first-order valence-corrected chi connectivity index (χ1v) is 6.14. The van der Waals surface area contributed by atoms with Crippen molar-refractivity contribution >= 4 is 17.0 Å². The maximum atomic E-state index is 13.5. The van der Waals surface area contributed by atoms with Crippen LogP contribution in [-0.4, -0.2) is 9.97 Å². The Balaban J connectivity index is 1.86. The van der Waals surface area contributed by atoms with Crippen LogP contribution in [-0.2, 0) is 6.54 Å². The lowest BCUT2D eigenvalue weighted by molar-refractivity contribution is 0.613. The van der Waals surface area contributed by atoms with Crippen molar-refractivity contribution in [3.63, 3.8) is 0 Å². The molecule has 2 N–H and O–H groups in total. The predicted octanol–water partition coefficient (Wildman–Crippen LogP) is 3.19. The van der Waals surface area contributed by atoms with Gasteiger partial charge in [-0.05, 0) is 18.2 Å². The second kappa shape index (κ2) is 5.02. The third kappa shape index (κ3) is 2.19. The summed E-state index contributed by atoms with van der Waals surface area (Å²) in [6.45, 7) is 0.328. The van der Waals surface area contributed by atoms with Crippen LogP contribution in [0.5, 0.6) is 0 Å². The fraction of sp³-hybridized carbons (Fsp3) is 0.0667. The van der Waals surface area contributed by atoms with E-state index in [1.807, 2.05) is 6.07 Å². The van der Waals surface area contributed by atoms with E-state index >= 15 is 0 Å². The number of para-hydroxylation sites is 1. The van der Waals surface area contributed by atoms with Crippen molar-refractivity contribution in [3.05, 3.63) is 59.4 Å². The molecule has 3 rings (SSSR count). The van der Waals surface area contributed by atoms with Gasteiger partial charge in [-0.2, -0.15) is 5.26 Å². The van der Waals surface area contributed by atoms with Crippen LogP contribution in [0, 0.1) is 17.1 Å². The average Bonchev–Trinajstić information content (AvgIpc) is 2.89. The van der Waals surface area contributed by atoms with Crippen molar-refractivity contribution in [2.75, 3.05) is 5.32 Å². The van der Waals surface area contributed by atoms with Gasteiger partial charge in [0, 0.05) is 12.1 Å². The molecule has 0 radical (unpaired) electrons. The number of nitriles is 1. The molecule has 0 fully saturated rings. The molecule has 1 aromatic heterocycles. The highest BCUT2D eigenvalue weighted by Gasteiger charge is 2.07. The molecule has 5 heteroatoms. The second-order valence-electron chi connectivity index (χ2n) is 4.34. The monoisotopic (exact) mass is 266 g/mol. The van der Waals surface area contributed by atoms with Crippen LogP contribution in [0.3, 0.4) is 0 Å². The zero-order valence-electron chi connectivity index (χ0n) is 10.5. The van der Waals surface area contributed by atoms with Gasteiger partial charge in [-0.1, -0.05) is 24.3 Å². The van der Waals surface area contributed by atoms with E-state index in [1.165, 1.54) is 6.07 Å². The molecular formula is C15H11FN4. The Morgan fingerprint density at radius 3 is 2.85 bits per heavy atom. The Hall–Kier alpha value is -2.87. The van der Waals surface area contributed by atoms with Crippen molar-refractivity contribution in [1.82, 2.24) is 9.97 Å². The van der Waals surface area contributed by atoms with E-state index in [4.69, 9.17) is 5.26 Å². The van der Waals surface area contributed by atoms with Crippen molar-refractivity contribution in [2.45, 2.75) is 6.54 Å². The lowest BCUT2D eigenvalue weighted by Gasteiger charge is -2.03. The maximum Gasteiger partial charge on any atom is 0.201 e. The Morgan fingerprint density at radius 1 is 1.20 bits per heavy atom. The molecule has 2 aromatic carbocycles. The summed E-state index contributed by atoms with van der Waals surface area (Å²) in [6, 6.07) is 14.0. The lowest BCUT2D eigenvalue weighted by atomic mass is 10.2. The number of hydrogen-bond acceptors (Lipinski definition) is 3. The largest absolute Gasteiger partial charge is 0.352 e. The van der Waals surface area contributed by atoms with Gasteiger partial charge >= 0.3 is 0 Å². The second-order valence-corrected chi connectivity index (χ2v) is 4.34. The lowest BCUT2D eigenvalue weighted by Crippen LogP contribution is -2.02. The third-order valence-electron chi connectivity index (χ3n) is 3.04. The fourth-order valence-corrected chi connectivity index (χ4v) is 2.03. The number of anilines is 1. The SMILES string of the molecule is N#Cc1cccc2[nH]c(NCc3ccccc3F)nc12. The summed E-state index contributed by atoms with van der Waals surface area (Å²) < 4.78 is 13.5. The van der Waals surface area contributed by atoms with E-state index < -0.39 is 0 Å². The number of aromatic amines is 1. The number of halogens is 1. The van der Waals surface area contributed by atoms with Gasteiger partial charge in [0.25, 0.3) is 0 Å². The number of nitrogens with zero attached hydrogens (tertiary/aromatic N) is 2.